The van der Waals surface area contributed by atoms with Crippen molar-refractivity contribution in [2.24, 2.45) is 0 Å². The zero-order chi connectivity index (χ0) is 65.5. The smallest absolute Gasteiger partial charge is 0.462 e. The van der Waals surface area contributed by atoms with E-state index in [1.807, 2.05) is 21.1 Å². The summed E-state index contributed by atoms with van der Waals surface area (Å²) in [6, 6.07) is 0. The number of esters is 2. The number of hydrogen-bond acceptors (Lipinski definition) is 7. The molecule has 2 atom stereocenters. The fraction of sp³-hybridized carbons (Fsp3) is 0.550. The molecule has 0 rings (SSSR count). The molecule has 0 aliphatic rings. The maximum atomic E-state index is 12.9. The molecule has 90 heavy (non-hydrogen) atoms. The minimum absolute atomic E-state index is 0.0149. The molecule has 0 radical (unpaired) electrons. The number of phosphoric ester groups is 1. The topological polar surface area (TPSA) is 108 Å². The van der Waals surface area contributed by atoms with Crippen LogP contribution in [0.3, 0.4) is 0 Å². The van der Waals surface area contributed by atoms with Crippen molar-refractivity contribution in [1.29, 1.82) is 0 Å². The molecule has 0 aromatic rings. The van der Waals surface area contributed by atoms with Crippen molar-refractivity contribution in [3.8, 4) is 0 Å². The minimum atomic E-state index is -4.41. The summed E-state index contributed by atoms with van der Waals surface area (Å²) in [5.74, 6) is -0.843. The Morgan fingerprint density at radius 1 is 0.344 bits per heavy atom. The van der Waals surface area contributed by atoms with Gasteiger partial charge in [0.05, 0.1) is 27.7 Å². The quantitative estimate of drug-likeness (QED) is 0.0211. The molecular formula is C80H127NO8P+. The highest BCUT2D eigenvalue weighted by Crippen LogP contribution is 2.43. The number of carbonyl (C=O) groups excluding carboxylic acids is 2. The number of ether oxygens (including phenoxy) is 2. The van der Waals surface area contributed by atoms with Crippen LogP contribution in [-0.4, -0.2) is 74.9 Å². The molecule has 1 N–H and O–H groups in total. The van der Waals surface area contributed by atoms with Gasteiger partial charge in [0.25, 0.3) is 0 Å². The number of allylic oxidation sites excluding steroid dienone is 34. The second-order valence-electron chi connectivity index (χ2n) is 23.4. The van der Waals surface area contributed by atoms with Crippen molar-refractivity contribution < 1.29 is 42.1 Å². The van der Waals surface area contributed by atoms with E-state index in [0.717, 1.165) is 180 Å². The van der Waals surface area contributed by atoms with Gasteiger partial charge in [-0.05, 0) is 148 Å². The van der Waals surface area contributed by atoms with Crippen molar-refractivity contribution in [3.05, 3.63) is 207 Å². The summed E-state index contributed by atoms with van der Waals surface area (Å²) in [6.07, 6.45) is 108. The average molecular weight is 1260 g/mol. The van der Waals surface area contributed by atoms with Crippen LogP contribution in [0.1, 0.15) is 232 Å². The Labute approximate surface area is 551 Å². The van der Waals surface area contributed by atoms with Gasteiger partial charge in [0.1, 0.15) is 19.8 Å². The summed E-state index contributed by atoms with van der Waals surface area (Å²) in [7, 11) is 1.43. The van der Waals surface area contributed by atoms with Crippen LogP contribution in [0.2, 0.25) is 0 Å². The van der Waals surface area contributed by atoms with E-state index >= 15 is 0 Å². The highest BCUT2D eigenvalue weighted by atomic mass is 31.2. The SMILES string of the molecule is CC/C=C\C/C=C\C/C=C\C/C=C\C/C=C\C/C=C\C/C=C\C/C=C\C/C=C\C/C=C\C/C=C\CCCCCCCCCC(=O)OC(COC(=O)CCCCCCCC/C=C\C/C=C\C/C=C\C/C=C\C/C=C\C/C=C\CC)COP(=O)(O)OCC[N+](C)(C)C. The molecule has 0 amide bonds. The Kier molecular flexibility index (Phi) is 63.9. The zero-order valence-corrected chi connectivity index (χ0v) is 58.2. The highest BCUT2D eigenvalue weighted by Gasteiger charge is 2.27. The van der Waals surface area contributed by atoms with Crippen LogP contribution in [0.5, 0.6) is 0 Å². The summed E-state index contributed by atoms with van der Waals surface area (Å²) in [5, 5.41) is 0. The first-order valence-electron chi connectivity index (χ1n) is 34.8. The molecular weight excluding hydrogens is 1130 g/mol. The van der Waals surface area contributed by atoms with Gasteiger partial charge in [-0.3, -0.25) is 18.6 Å². The first kappa shape index (κ1) is 84.6. The third kappa shape index (κ3) is 71.7. The van der Waals surface area contributed by atoms with E-state index in [9.17, 15) is 19.0 Å². The Balaban J connectivity index is 4.19. The molecule has 504 valence electrons. The Morgan fingerprint density at radius 3 is 0.889 bits per heavy atom. The summed E-state index contributed by atoms with van der Waals surface area (Å²) in [5.41, 5.74) is 0. The third-order valence-corrected chi connectivity index (χ3v) is 14.8. The summed E-state index contributed by atoms with van der Waals surface area (Å²) < 4.78 is 34.7. The first-order valence-corrected chi connectivity index (χ1v) is 36.3. The van der Waals surface area contributed by atoms with Gasteiger partial charge in [0.15, 0.2) is 6.10 Å². The molecule has 0 aromatic carbocycles. The molecule has 10 heteroatoms. The minimum Gasteiger partial charge on any atom is -0.462 e. The van der Waals surface area contributed by atoms with Crippen LogP contribution in [-0.2, 0) is 32.7 Å². The highest BCUT2D eigenvalue weighted by molar-refractivity contribution is 7.47. The number of nitrogens with zero attached hydrogens (tertiary/aromatic N) is 1. The molecule has 9 nitrogen and oxygen atoms in total. The predicted molar refractivity (Wildman–Crippen MR) is 389 cm³/mol. The summed E-state index contributed by atoms with van der Waals surface area (Å²) in [6.45, 7) is 4.15. The van der Waals surface area contributed by atoms with E-state index < -0.39 is 32.5 Å². The van der Waals surface area contributed by atoms with Crippen LogP contribution in [0, 0.1) is 0 Å². The van der Waals surface area contributed by atoms with Gasteiger partial charge < -0.3 is 18.9 Å². The molecule has 0 saturated heterocycles. The normalized spacial score (nSPS) is 14.4. The third-order valence-electron chi connectivity index (χ3n) is 13.8. The van der Waals surface area contributed by atoms with Crippen LogP contribution in [0.15, 0.2) is 207 Å². The first-order chi connectivity index (χ1) is 44.0. The van der Waals surface area contributed by atoms with Gasteiger partial charge in [-0.25, -0.2) is 4.57 Å². The van der Waals surface area contributed by atoms with Crippen LogP contribution in [0.25, 0.3) is 0 Å². The van der Waals surface area contributed by atoms with Crippen molar-refractivity contribution in [2.75, 3.05) is 47.5 Å². The lowest BCUT2D eigenvalue weighted by atomic mass is 10.1. The molecule has 0 bridgehead atoms. The van der Waals surface area contributed by atoms with E-state index in [0.29, 0.717) is 23.9 Å². The van der Waals surface area contributed by atoms with E-state index in [2.05, 4.69) is 220 Å². The van der Waals surface area contributed by atoms with Crippen LogP contribution in [0.4, 0.5) is 0 Å². The lowest BCUT2D eigenvalue weighted by molar-refractivity contribution is -0.870. The number of hydrogen-bond donors (Lipinski definition) is 1. The standard InChI is InChI=1S/C80H126NO8P/c1-6-8-10-12-14-16-18-20-22-24-26-28-30-32-33-34-35-36-37-38-39-40-41-42-43-44-45-46-47-49-51-53-55-57-59-61-63-65-67-69-71-73-80(83)89-78(77-88-90(84,85)87-75-74-81(3,4)5)76-86-79(82)72-70-68-66-64-62-60-58-56-54-52-50-48-31-29-27-25-23-21-19-17-15-13-11-9-7-2/h8-11,14-17,20-23,26-29,32-33,35-36,38-39,41-42,44-45,47-50,53-56,78H,6-7,12-13,18-19,24-25,30-31,34,37,40,43,46,51-52,57-77H2,1-5H3/p+1/b10-8-,11-9-,16-14-,17-15-,22-20-,23-21-,28-26-,29-27-,33-32-,36-35-,39-38-,42-41-,45-44-,49-47-,50-48-,55-53-,56-54-. The van der Waals surface area contributed by atoms with E-state index in [1.54, 1.807) is 0 Å². The number of carbonyl (C=O) groups is 2. The molecule has 0 spiro atoms. The largest absolute Gasteiger partial charge is 0.472 e. The molecule has 2 unspecified atom stereocenters. The van der Waals surface area contributed by atoms with E-state index in [4.69, 9.17) is 18.5 Å². The second kappa shape index (κ2) is 68.0. The van der Waals surface area contributed by atoms with Crippen molar-refractivity contribution in [1.82, 2.24) is 0 Å². The molecule has 0 aliphatic carbocycles. The molecule has 0 aromatic heterocycles. The fourth-order valence-electron chi connectivity index (χ4n) is 8.55. The molecule has 0 fully saturated rings. The van der Waals surface area contributed by atoms with Crippen LogP contribution >= 0.6 is 7.82 Å². The lowest BCUT2D eigenvalue weighted by Crippen LogP contribution is -2.37. The Hall–Kier alpha value is -5.41. The zero-order valence-electron chi connectivity index (χ0n) is 57.3. The Morgan fingerprint density at radius 2 is 0.600 bits per heavy atom. The Bertz CT molecular complexity index is 2270. The fourth-order valence-corrected chi connectivity index (χ4v) is 9.29. The van der Waals surface area contributed by atoms with Crippen molar-refractivity contribution in [2.45, 2.75) is 238 Å². The number of phosphoric acid groups is 1. The number of likely N-dealkylation sites (N-methyl/N-ethyl adjacent to an activating group) is 1. The van der Waals surface area contributed by atoms with Crippen molar-refractivity contribution >= 4 is 19.8 Å². The number of rotatable bonds is 61. The molecule has 0 aliphatic heterocycles. The maximum absolute atomic E-state index is 12.9. The molecule has 0 saturated carbocycles. The van der Waals surface area contributed by atoms with Gasteiger partial charge in [-0.2, -0.15) is 0 Å². The molecule has 0 heterocycles. The predicted octanol–water partition coefficient (Wildman–Crippen LogP) is 23.0. The number of unbranched alkanes of at least 4 members (excludes halogenated alkanes) is 13. The van der Waals surface area contributed by atoms with Crippen LogP contribution < -0.4 is 0 Å². The van der Waals surface area contributed by atoms with Gasteiger partial charge in [0, 0.05) is 12.8 Å². The van der Waals surface area contributed by atoms with E-state index in [-0.39, 0.29) is 26.1 Å². The second-order valence-corrected chi connectivity index (χ2v) is 24.9. The average Bonchev–Trinajstić information content (AvgIpc) is 3.62. The van der Waals surface area contributed by atoms with Gasteiger partial charge >= 0.3 is 19.8 Å². The number of quaternary nitrogens is 1. The van der Waals surface area contributed by atoms with Crippen molar-refractivity contribution in [3.63, 3.8) is 0 Å². The maximum Gasteiger partial charge on any atom is 0.472 e. The van der Waals surface area contributed by atoms with Gasteiger partial charge in [-0.15, -0.1) is 0 Å². The van der Waals surface area contributed by atoms with Gasteiger partial charge in [-0.1, -0.05) is 278 Å². The lowest BCUT2D eigenvalue weighted by Gasteiger charge is -2.24. The van der Waals surface area contributed by atoms with Gasteiger partial charge in [0.2, 0.25) is 0 Å². The van der Waals surface area contributed by atoms with E-state index in [1.165, 1.54) is 12.8 Å². The monoisotopic (exact) mass is 1260 g/mol. The summed E-state index contributed by atoms with van der Waals surface area (Å²) >= 11 is 0. The summed E-state index contributed by atoms with van der Waals surface area (Å²) in [4.78, 5) is 35.9.